The molecule has 0 fully saturated rings. The van der Waals surface area contributed by atoms with E-state index < -0.39 is 0 Å². The summed E-state index contributed by atoms with van der Waals surface area (Å²) in [5.41, 5.74) is 2.92. The van der Waals surface area contributed by atoms with Gasteiger partial charge in [0.2, 0.25) is 0 Å². The summed E-state index contributed by atoms with van der Waals surface area (Å²) >= 11 is 6.01. The highest BCUT2D eigenvalue weighted by Gasteiger charge is 2.07. The third kappa shape index (κ3) is 6.31. The van der Waals surface area contributed by atoms with Gasteiger partial charge in [0, 0.05) is 17.0 Å². The van der Waals surface area contributed by atoms with Gasteiger partial charge in [0.1, 0.15) is 5.82 Å². The van der Waals surface area contributed by atoms with Crippen LogP contribution in [0.5, 0.6) is 0 Å². The Kier molecular flexibility index (Phi) is 7.45. The van der Waals surface area contributed by atoms with Crippen molar-refractivity contribution < 1.29 is 4.39 Å². The van der Waals surface area contributed by atoms with Crippen molar-refractivity contribution in [3.63, 3.8) is 0 Å². The second-order valence-corrected chi connectivity index (χ2v) is 6.19. The number of hydrogen-bond acceptors (Lipinski definition) is 0. The topological polar surface area (TPSA) is 0 Å². The maximum Gasteiger partial charge on any atom is 0.128 e. The van der Waals surface area contributed by atoms with Gasteiger partial charge in [0.25, 0.3) is 0 Å². The Morgan fingerprint density at radius 3 is 2.14 bits per heavy atom. The number of hydrogen-bond donors (Lipinski definition) is 0. The summed E-state index contributed by atoms with van der Waals surface area (Å²) in [7, 11) is 0. The minimum Gasteiger partial charge on any atom is -0.207 e. The molecule has 2 aromatic rings. The van der Waals surface area contributed by atoms with Gasteiger partial charge < -0.3 is 0 Å². The van der Waals surface area contributed by atoms with Crippen LogP contribution in [0.15, 0.2) is 42.5 Å². The monoisotopic (exact) mass is 306 g/mol. The Balaban J connectivity index is 0.000000491. The molecule has 2 heteroatoms. The first-order valence-electron chi connectivity index (χ1n) is 7.44. The maximum absolute atomic E-state index is 13.6. The Bertz CT molecular complexity index is 538. The van der Waals surface area contributed by atoms with Crippen molar-refractivity contribution >= 4 is 11.6 Å². The molecule has 0 aliphatic carbocycles. The lowest BCUT2D eigenvalue weighted by Crippen LogP contribution is -1.94. The van der Waals surface area contributed by atoms with E-state index in [4.69, 9.17) is 11.6 Å². The van der Waals surface area contributed by atoms with Crippen LogP contribution in [0.25, 0.3) is 0 Å². The smallest absolute Gasteiger partial charge is 0.128 e. The van der Waals surface area contributed by atoms with E-state index in [1.54, 1.807) is 12.1 Å². The van der Waals surface area contributed by atoms with E-state index in [0.29, 0.717) is 17.0 Å². The summed E-state index contributed by atoms with van der Waals surface area (Å²) in [6, 6.07) is 13.0. The van der Waals surface area contributed by atoms with Crippen LogP contribution < -0.4 is 0 Å². The number of rotatable bonds is 3. The van der Waals surface area contributed by atoms with Crippen molar-refractivity contribution in [2.45, 2.75) is 40.5 Å². The Morgan fingerprint density at radius 1 is 1.00 bits per heavy atom. The van der Waals surface area contributed by atoms with Crippen molar-refractivity contribution in [1.29, 1.82) is 0 Å². The first-order valence-corrected chi connectivity index (χ1v) is 7.82. The molecule has 0 saturated carbocycles. The van der Waals surface area contributed by atoms with E-state index >= 15 is 0 Å². The van der Waals surface area contributed by atoms with E-state index in [-0.39, 0.29) is 5.82 Å². The Labute approximate surface area is 133 Å². The first-order chi connectivity index (χ1) is 9.93. The molecule has 0 nitrogen and oxygen atoms in total. The number of aryl methyl sites for hydroxylation is 1. The molecule has 0 bridgehead atoms. The van der Waals surface area contributed by atoms with Crippen molar-refractivity contribution in [2.24, 2.45) is 5.92 Å². The van der Waals surface area contributed by atoms with E-state index in [1.807, 2.05) is 12.1 Å². The van der Waals surface area contributed by atoms with Gasteiger partial charge in [-0.05, 0) is 35.6 Å². The fourth-order valence-electron chi connectivity index (χ4n) is 1.86. The molecule has 0 aliphatic rings. The molecular weight excluding hydrogens is 283 g/mol. The van der Waals surface area contributed by atoms with Crippen LogP contribution in [0, 0.1) is 11.7 Å². The highest BCUT2D eigenvalue weighted by Crippen LogP contribution is 2.22. The quantitative estimate of drug-likeness (QED) is 0.624. The highest BCUT2D eigenvalue weighted by molar-refractivity contribution is 6.31. The largest absolute Gasteiger partial charge is 0.207 e. The van der Waals surface area contributed by atoms with E-state index in [9.17, 15) is 4.39 Å². The summed E-state index contributed by atoms with van der Waals surface area (Å²) in [6.45, 7) is 8.61. The summed E-state index contributed by atoms with van der Waals surface area (Å²) in [6.07, 6.45) is 1.53. The molecule has 0 spiro atoms. The zero-order valence-corrected chi connectivity index (χ0v) is 14.0. The van der Waals surface area contributed by atoms with Crippen LogP contribution in [-0.2, 0) is 12.8 Å². The van der Waals surface area contributed by atoms with Gasteiger partial charge in [0.15, 0.2) is 0 Å². The molecule has 0 saturated heterocycles. The lowest BCUT2D eigenvalue weighted by molar-refractivity contribution is 0.614. The van der Waals surface area contributed by atoms with Gasteiger partial charge >= 0.3 is 0 Å². The van der Waals surface area contributed by atoms with E-state index in [2.05, 4.69) is 39.8 Å². The van der Waals surface area contributed by atoms with Crippen molar-refractivity contribution in [3.8, 4) is 0 Å². The van der Waals surface area contributed by atoms with Crippen molar-refractivity contribution in [3.05, 3.63) is 70.0 Å². The zero-order chi connectivity index (χ0) is 15.8. The van der Waals surface area contributed by atoms with Gasteiger partial charge in [-0.25, -0.2) is 4.39 Å². The molecule has 0 amide bonds. The SMILES string of the molecule is CC(C)C.CCc1cccc(Cc2c(F)cccc2Cl)c1. The van der Waals surface area contributed by atoms with Crippen LogP contribution >= 0.6 is 11.6 Å². The van der Waals surface area contributed by atoms with Crippen LogP contribution in [0.1, 0.15) is 44.4 Å². The van der Waals surface area contributed by atoms with Gasteiger partial charge in [-0.15, -0.1) is 0 Å². The highest BCUT2D eigenvalue weighted by atomic mass is 35.5. The molecule has 0 atom stereocenters. The molecule has 0 heterocycles. The fraction of sp³-hybridized carbons (Fsp3) is 0.368. The lowest BCUT2D eigenvalue weighted by Gasteiger charge is -2.07. The molecule has 114 valence electrons. The summed E-state index contributed by atoms with van der Waals surface area (Å²) < 4.78 is 13.6. The standard InChI is InChI=1S/C15H14ClF.C4H10/c1-2-11-5-3-6-12(9-11)10-13-14(16)7-4-8-15(13)17;1-4(2)3/h3-9H,2,10H2,1H3;4H,1-3H3. The van der Waals surface area contributed by atoms with E-state index in [0.717, 1.165) is 17.9 Å². The summed E-state index contributed by atoms with van der Waals surface area (Å²) in [5, 5.41) is 0.493. The number of halogens is 2. The molecule has 0 unspecified atom stereocenters. The van der Waals surface area contributed by atoms with E-state index in [1.165, 1.54) is 11.6 Å². The molecule has 0 radical (unpaired) electrons. The second-order valence-electron chi connectivity index (χ2n) is 5.78. The summed E-state index contributed by atoms with van der Waals surface area (Å²) in [4.78, 5) is 0. The van der Waals surface area contributed by atoms with Crippen LogP contribution in [0.2, 0.25) is 5.02 Å². The molecule has 2 aromatic carbocycles. The first kappa shape index (κ1) is 17.7. The minimum atomic E-state index is -0.237. The molecule has 0 aromatic heterocycles. The zero-order valence-electron chi connectivity index (χ0n) is 13.3. The maximum atomic E-state index is 13.6. The lowest BCUT2D eigenvalue weighted by atomic mass is 10.0. The second kappa shape index (κ2) is 8.84. The van der Waals surface area contributed by atoms with Gasteiger partial charge in [-0.2, -0.15) is 0 Å². The number of benzene rings is 2. The normalized spacial score (nSPS) is 10.2. The molecule has 2 rings (SSSR count). The average molecular weight is 307 g/mol. The van der Waals surface area contributed by atoms with Gasteiger partial charge in [0.05, 0.1) is 0 Å². The molecule has 21 heavy (non-hydrogen) atoms. The van der Waals surface area contributed by atoms with Crippen LogP contribution in [-0.4, -0.2) is 0 Å². The van der Waals surface area contributed by atoms with Crippen molar-refractivity contribution in [1.82, 2.24) is 0 Å². The molecule has 0 aliphatic heterocycles. The predicted octanol–water partition coefficient (Wildman–Crippen LogP) is 6.29. The Hall–Kier alpha value is -1.34. The third-order valence-electron chi connectivity index (χ3n) is 2.84. The average Bonchev–Trinajstić information content (AvgIpc) is 2.43. The van der Waals surface area contributed by atoms with Gasteiger partial charge in [-0.1, -0.05) is 69.6 Å². The van der Waals surface area contributed by atoms with Crippen molar-refractivity contribution in [2.75, 3.05) is 0 Å². The molecular formula is C19H24ClF. The predicted molar refractivity (Wildman–Crippen MR) is 90.5 cm³/mol. The third-order valence-corrected chi connectivity index (χ3v) is 3.20. The minimum absolute atomic E-state index is 0.237. The van der Waals surface area contributed by atoms with Crippen LogP contribution in [0.4, 0.5) is 4.39 Å². The van der Waals surface area contributed by atoms with Gasteiger partial charge in [-0.3, -0.25) is 0 Å². The Morgan fingerprint density at radius 2 is 1.57 bits per heavy atom. The van der Waals surface area contributed by atoms with Crippen LogP contribution in [0.3, 0.4) is 0 Å². The molecule has 0 N–H and O–H groups in total. The fourth-order valence-corrected chi connectivity index (χ4v) is 2.09. The summed E-state index contributed by atoms with van der Waals surface area (Å²) in [5.74, 6) is 0.597.